The SMILES string of the molecule is CC1CN(Cc2csc(Br)c2)CCC1=O. The highest BCUT2D eigenvalue weighted by Crippen LogP contribution is 2.23. The Morgan fingerprint density at radius 3 is 3.07 bits per heavy atom. The van der Waals surface area contributed by atoms with Gasteiger partial charge >= 0.3 is 0 Å². The highest BCUT2D eigenvalue weighted by molar-refractivity contribution is 9.11. The van der Waals surface area contributed by atoms with Gasteiger partial charge in [0, 0.05) is 32.0 Å². The van der Waals surface area contributed by atoms with Crippen LogP contribution in [0.5, 0.6) is 0 Å². The van der Waals surface area contributed by atoms with E-state index in [0.717, 1.165) is 19.6 Å². The van der Waals surface area contributed by atoms with Gasteiger partial charge in [-0.2, -0.15) is 0 Å². The van der Waals surface area contributed by atoms with Crippen molar-refractivity contribution in [2.75, 3.05) is 13.1 Å². The maximum atomic E-state index is 11.4. The number of thiophene rings is 1. The van der Waals surface area contributed by atoms with Gasteiger partial charge < -0.3 is 0 Å². The minimum absolute atomic E-state index is 0.209. The molecule has 1 saturated heterocycles. The molecule has 1 aromatic heterocycles. The standard InChI is InChI=1S/C11H14BrNOS/c1-8-5-13(3-2-10(8)14)6-9-4-11(12)15-7-9/h4,7-8H,2-3,5-6H2,1H3. The quantitative estimate of drug-likeness (QED) is 0.834. The predicted molar refractivity (Wildman–Crippen MR) is 66.1 cm³/mol. The van der Waals surface area contributed by atoms with Crippen molar-refractivity contribution in [3.05, 3.63) is 20.8 Å². The van der Waals surface area contributed by atoms with Crippen LogP contribution in [0.2, 0.25) is 0 Å². The predicted octanol–water partition coefficient (Wildman–Crippen LogP) is 2.92. The van der Waals surface area contributed by atoms with Crippen molar-refractivity contribution < 1.29 is 4.79 Å². The molecule has 2 nitrogen and oxygen atoms in total. The monoisotopic (exact) mass is 287 g/mol. The van der Waals surface area contributed by atoms with Crippen LogP contribution in [-0.2, 0) is 11.3 Å². The molecule has 1 fully saturated rings. The molecule has 0 spiro atoms. The molecule has 0 aliphatic carbocycles. The summed E-state index contributed by atoms with van der Waals surface area (Å²) in [7, 11) is 0. The second-order valence-corrected chi connectivity index (χ2v) is 6.40. The van der Waals surface area contributed by atoms with Crippen molar-refractivity contribution in [3.63, 3.8) is 0 Å². The summed E-state index contributed by atoms with van der Waals surface area (Å²) >= 11 is 5.18. The minimum atomic E-state index is 0.209. The van der Waals surface area contributed by atoms with Gasteiger partial charge in [-0.05, 0) is 32.9 Å². The third-order valence-corrected chi connectivity index (χ3v) is 4.34. The molecule has 1 aromatic rings. The van der Waals surface area contributed by atoms with E-state index in [4.69, 9.17) is 0 Å². The van der Waals surface area contributed by atoms with Gasteiger partial charge in [0.25, 0.3) is 0 Å². The van der Waals surface area contributed by atoms with Crippen LogP contribution in [0.25, 0.3) is 0 Å². The largest absolute Gasteiger partial charge is 0.299 e. The van der Waals surface area contributed by atoms with E-state index in [9.17, 15) is 4.79 Å². The highest BCUT2D eigenvalue weighted by Gasteiger charge is 2.23. The number of hydrogen-bond acceptors (Lipinski definition) is 3. The summed E-state index contributed by atoms with van der Waals surface area (Å²) < 4.78 is 1.18. The summed E-state index contributed by atoms with van der Waals surface area (Å²) in [5, 5.41) is 2.17. The third-order valence-electron chi connectivity index (χ3n) is 2.78. The summed E-state index contributed by atoms with van der Waals surface area (Å²) in [6.07, 6.45) is 0.715. The number of halogens is 1. The Hall–Kier alpha value is -0.190. The topological polar surface area (TPSA) is 20.3 Å². The first kappa shape index (κ1) is 11.3. The average molecular weight is 288 g/mol. The number of Topliss-reactive ketones (excluding diaryl/α,β-unsaturated/α-hetero) is 1. The normalized spacial score (nSPS) is 23.3. The van der Waals surface area contributed by atoms with Crippen molar-refractivity contribution >= 4 is 33.0 Å². The molecule has 4 heteroatoms. The first-order valence-corrected chi connectivity index (χ1v) is 6.80. The van der Waals surface area contributed by atoms with Crippen LogP contribution in [0.1, 0.15) is 18.9 Å². The molecule has 1 unspecified atom stereocenters. The number of rotatable bonds is 2. The first-order valence-electron chi connectivity index (χ1n) is 5.13. The molecule has 82 valence electrons. The van der Waals surface area contributed by atoms with Crippen LogP contribution in [-0.4, -0.2) is 23.8 Å². The molecule has 0 bridgehead atoms. The fourth-order valence-electron chi connectivity index (χ4n) is 1.93. The maximum Gasteiger partial charge on any atom is 0.138 e. The molecule has 1 aliphatic heterocycles. The van der Waals surface area contributed by atoms with Gasteiger partial charge in [-0.15, -0.1) is 11.3 Å². The number of ketones is 1. The Morgan fingerprint density at radius 2 is 2.47 bits per heavy atom. The Labute approximate surface area is 102 Å². The van der Waals surface area contributed by atoms with Crippen molar-refractivity contribution in [2.45, 2.75) is 19.9 Å². The van der Waals surface area contributed by atoms with Gasteiger partial charge in [-0.3, -0.25) is 9.69 Å². The Kier molecular flexibility index (Phi) is 3.59. The van der Waals surface area contributed by atoms with E-state index in [0.29, 0.717) is 12.2 Å². The molecular formula is C11H14BrNOS. The molecule has 2 rings (SSSR count). The summed E-state index contributed by atoms with van der Waals surface area (Å²) in [6.45, 7) is 4.82. The zero-order valence-corrected chi connectivity index (χ0v) is 11.1. The van der Waals surface area contributed by atoms with E-state index in [1.54, 1.807) is 11.3 Å². The van der Waals surface area contributed by atoms with Crippen LogP contribution >= 0.6 is 27.3 Å². The molecular weight excluding hydrogens is 274 g/mol. The number of piperidine rings is 1. The summed E-state index contributed by atoms with van der Waals surface area (Å²) in [6, 6.07) is 2.16. The van der Waals surface area contributed by atoms with Crippen LogP contribution in [0.15, 0.2) is 15.2 Å². The van der Waals surface area contributed by atoms with E-state index >= 15 is 0 Å². The summed E-state index contributed by atoms with van der Waals surface area (Å²) in [4.78, 5) is 13.7. The van der Waals surface area contributed by atoms with Crippen molar-refractivity contribution in [3.8, 4) is 0 Å². The number of carbonyl (C=O) groups is 1. The Bertz CT molecular complexity index is 363. The average Bonchev–Trinajstić information content (AvgIpc) is 2.58. The van der Waals surface area contributed by atoms with E-state index in [2.05, 4.69) is 32.3 Å². The van der Waals surface area contributed by atoms with Crippen molar-refractivity contribution in [1.29, 1.82) is 0 Å². The van der Waals surface area contributed by atoms with Gasteiger partial charge in [0.05, 0.1) is 3.79 Å². The third kappa shape index (κ3) is 2.89. The van der Waals surface area contributed by atoms with E-state index < -0.39 is 0 Å². The lowest BCUT2D eigenvalue weighted by Crippen LogP contribution is -2.38. The van der Waals surface area contributed by atoms with Crippen LogP contribution < -0.4 is 0 Å². The number of carbonyl (C=O) groups excluding carboxylic acids is 1. The van der Waals surface area contributed by atoms with E-state index in [1.807, 2.05) is 6.92 Å². The molecule has 0 radical (unpaired) electrons. The highest BCUT2D eigenvalue weighted by atomic mass is 79.9. The van der Waals surface area contributed by atoms with Gasteiger partial charge in [-0.1, -0.05) is 6.92 Å². The van der Waals surface area contributed by atoms with Gasteiger partial charge in [0.1, 0.15) is 5.78 Å². The lowest BCUT2D eigenvalue weighted by molar-refractivity contribution is -0.125. The zero-order chi connectivity index (χ0) is 10.8. The zero-order valence-electron chi connectivity index (χ0n) is 8.70. The molecule has 2 heterocycles. The molecule has 1 atom stereocenters. The molecule has 0 aromatic carbocycles. The van der Waals surface area contributed by atoms with Crippen LogP contribution in [0.4, 0.5) is 0 Å². The van der Waals surface area contributed by atoms with Gasteiger partial charge in [-0.25, -0.2) is 0 Å². The molecule has 15 heavy (non-hydrogen) atoms. The molecule has 1 aliphatic rings. The fraction of sp³-hybridized carbons (Fsp3) is 0.545. The maximum absolute atomic E-state index is 11.4. The molecule has 0 saturated carbocycles. The number of hydrogen-bond donors (Lipinski definition) is 0. The Morgan fingerprint density at radius 1 is 1.67 bits per heavy atom. The van der Waals surface area contributed by atoms with Gasteiger partial charge in [0.15, 0.2) is 0 Å². The van der Waals surface area contributed by atoms with E-state index in [-0.39, 0.29) is 5.92 Å². The number of likely N-dealkylation sites (tertiary alicyclic amines) is 1. The Balaban J connectivity index is 1.93. The van der Waals surface area contributed by atoms with Crippen LogP contribution in [0, 0.1) is 5.92 Å². The van der Waals surface area contributed by atoms with Crippen LogP contribution in [0.3, 0.4) is 0 Å². The second-order valence-electron chi connectivity index (χ2n) is 4.11. The minimum Gasteiger partial charge on any atom is -0.299 e. The second kappa shape index (κ2) is 4.76. The summed E-state index contributed by atoms with van der Waals surface area (Å²) in [5.74, 6) is 0.624. The van der Waals surface area contributed by atoms with Crippen molar-refractivity contribution in [1.82, 2.24) is 4.90 Å². The number of nitrogens with zero attached hydrogens (tertiary/aromatic N) is 1. The van der Waals surface area contributed by atoms with Gasteiger partial charge in [0.2, 0.25) is 0 Å². The lowest BCUT2D eigenvalue weighted by atomic mass is 9.98. The smallest absolute Gasteiger partial charge is 0.138 e. The first-order chi connectivity index (χ1) is 7.15. The van der Waals surface area contributed by atoms with E-state index in [1.165, 1.54) is 9.35 Å². The lowest BCUT2D eigenvalue weighted by Gasteiger charge is -2.29. The fourth-order valence-corrected chi connectivity index (χ4v) is 3.13. The van der Waals surface area contributed by atoms with Crippen molar-refractivity contribution in [2.24, 2.45) is 5.92 Å². The summed E-state index contributed by atoms with van der Waals surface area (Å²) in [5.41, 5.74) is 1.34. The molecule has 0 amide bonds. The molecule has 0 N–H and O–H groups in total.